The lowest BCUT2D eigenvalue weighted by Crippen LogP contribution is -2.36. The van der Waals surface area contributed by atoms with Gasteiger partial charge in [-0.2, -0.15) is 0 Å². The van der Waals surface area contributed by atoms with Gasteiger partial charge in [-0.1, -0.05) is 36.7 Å². The number of hydrogen-bond acceptors (Lipinski definition) is 4. The van der Waals surface area contributed by atoms with Crippen LogP contribution in [-0.2, 0) is 16.1 Å². The highest BCUT2D eigenvalue weighted by atomic mass is 35.5. The number of carbonyl (C=O) groups excluding carboxylic acids is 1. The summed E-state index contributed by atoms with van der Waals surface area (Å²) < 4.78 is 11.5. The Morgan fingerprint density at radius 1 is 1.06 bits per heavy atom. The molecule has 2 aliphatic rings. The van der Waals surface area contributed by atoms with Crippen LogP contribution in [0, 0.1) is 11.8 Å². The van der Waals surface area contributed by atoms with Crippen molar-refractivity contribution in [2.24, 2.45) is 11.8 Å². The molecular weight excluding hydrogens is 410 g/mol. The fraction of sp³-hybridized carbons (Fsp3) is 0.577. The van der Waals surface area contributed by atoms with Crippen molar-refractivity contribution in [1.82, 2.24) is 4.90 Å². The summed E-state index contributed by atoms with van der Waals surface area (Å²) in [5.74, 6) is 1.61. The van der Waals surface area contributed by atoms with Gasteiger partial charge in [-0.05, 0) is 87.5 Å². The van der Waals surface area contributed by atoms with Gasteiger partial charge in [0.1, 0.15) is 5.75 Å². The van der Waals surface area contributed by atoms with E-state index in [1.165, 1.54) is 18.4 Å². The van der Waals surface area contributed by atoms with Crippen molar-refractivity contribution in [3.8, 4) is 5.75 Å². The second kappa shape index (κ2) is 10.2. The van der Waals surface area contributed by atoms with Gasteiger partial charge in [0.2, 0.25) is 0 Å². The van der Waals surface area contributed by atoms with Crippen LogP contribution in [0.15, 0.2) is 30.3 Å². The zero-order valence-corrected chi connectivity index (χ0v) is 19.5. The molecule has 0 bridgehead atoms. The van der Waals surface area contributed by atoms with E-state index in [9.17, 15) is 4.79 Å². The molecule has 1 aliphatic carbocycles. The smallest absolute Gasteiger partial charge is 0.309 e. The van der Waals surface area contributed by atoms with Gasteiger partial charge in [-0.3, -0.25) is 9.69 Å². The number of piperidine rings is 1. The molecule has 168 valence electrons. The number of fused-ring (bicyclic) bond motifs is 1. The number of benzene rings is 2. The van der Waals surface area contributed by atoms with Gasteiger partial charge in [0.15, 0.2) is 0 Å². The third kappa shape index (κ3) is 5.53. The molecule has 0 aromatic heterocycles. The van der Waals surface area contributed by atoms with Crippen LogP contribution in [-0.4, -0.2) is 36.7 Å². The highest BCUT2D eigenvalue weighted by molar-refractivity contribution is 6.37. The molecule has 31 heavy (non-hydrogen) atoms. The predicted molar refractivity (Wildman–Crippen MR) is 126 cm³/mol. The van der Waals surface area contributed by atoms with Gasteiger partial charge in [0.25, 0.3) is 0 Å². The lowest BCUT2D eigenvalue weighted by molar-refractivity contribution is -0.149. The molecule has 2 aromatic carbocycles. The first-order valence-electron chi connectivity index (χ1n) is 11.8. The van der Waals surface area contributed by atoms with Gasteiger partial charge in [-0.25, -0.2) is 0 Å². The Kier molecular flexibility index (Phi) is 7.39. The molecule has 1 saturated carbocycles. The first kappa shape index (κ1) is 22.4. The summed E-state index contributed by atoms with van der Waals surface area (Å²) in [4.78, 5) is 14.4. The van der Waals surface area contributed by atoms with E-state index in [0.717, 1.165) is 72.8 Å². The van der Waals surface area contributed by atoms with Crippen LogP contribution in [0.25, 0.3) is 10.8 Å². The maximum atomic E-state index is 12.0. The fourth-order valence-electron chi connectivity index (χ4n) is 4.87. The van der Waals surface area contributed by atoms with Crippen molar-refractivity contribution >= 4 is 28.3 Å². The maximum absolute atomic E-state index is 12.0. The number of likely N-dealkylation sites (tertiary alicyclic amines) is 1. The largest absolute Gasteiger partial charge is 0.489 e. The normalized spacial score (nSPS) is 23.1. The summed E-state index contributed by atoms with van der Waals surface area (Å²) in [6.07, 6.45) is 6.68. The molecule has 0 radical (unpaired) electrons. The molecule has 0 spiro atoms. The van der Waals surface area contributed by atoms with Crippen LogP contribution in [0.5, 0.6) is 5.75 Å². The van der Waals surface area contributed by atoms with E-state index in [0.29, 0.717) is 6.61 Å². The van der Waals surface area contributed by atoms with Crippen molar-refractivity contribution in [3.63, 3.8) is 0 Å². The van der Waals surface area contributed by atoms with Crippen LogP contribution in [0.3, 0.4) is 0 Å². The summed E-state index contributed by atoms with van der Waals surface area (Å²) in [7, 11) is 0. The average molecular weight is 444 g/mol. The van der Waals surface area contributed by atoms with Gasteiger partial charge in [0.05, 0.1) is 23.7 Å². The van der Waals surface area contributed by atoms with Crippen LogP contribution in [0.1, 0.15) is 57.9 Å². The average Bonchev–Trinajstić information content (AvgIpc) is 2.78. The highest BCUT2D eigenvalue weighted by Gasteiger charge is 2.26. The standard InChI is InChI=1S/C26H34ClNO3/c1-3-30-26(29)21-12-14-28(15-13-21)17-19-6-7-20-8-11-24(25(27)23(20)16-19)31-22-9-4-18(2)5-10-22/h6-8,11,16,18,21-22H,3-5,9-10,12-15,17H2,1-2H3. The van der Waals surface area contributed by atoms with E-state index in [4.69, 9.17) is 21.1 Å². The van der Waals surface area contributed by atoms with E-state index < -0.39 is 0 Å². The Labute approximate surface area is 190 Å². The molecule has 1 aliphatic heterocycles. The molecule has 0 amide bonds. The lowest BCUT2D eigenvalue weighted by atomic mass is 9.89. The first-order valence-corrected chi connectivity index (χ1v) is 12.2. The zero-order chi connectivity index (χ0) is 21.8. The molecule has 0 N–H and O–H groups in total. The zero-order valence-electron chi connectivity index (χ0n) is 18.7. The topological polar surface area (TPSA) is 38.8 Å². The predicted octanol–water partition coefficient (Wildman–Crippen LogP) is 6.23. The number of rotatable bonds is 6. The molecule has 0 unspecified atom stereocenters. The number of nitrogens with zero attached hydrogens (tertiary/aromatic N) is 1. The molecular formula is C26H34ClNO3. The SMILES string of the molecule is CCOC(=O)C1CCN(Cc2ccc3ccc(OC4CCC(C)CC4)c(Cl)c3c2)CC1. The Balaban J connectivity index is 1.41. The molecule has 0 atom stereocenters. The highest BCUT2D eigenvalue weighted by Crippen LogP contribution is 2.36. The Morgan fingerprint density at radius 2 is 1.77 bits per heavy atom. The van der Waals surface area contributed by atoms with E-state index in [-0.39, 0.29) is 18.0 Å². The minimum atomic E-state index is -0.0420. The Morgan fingerprint density at radius 3 is 2.48 bits per heavy atom. The lowest BCUT2D eigenvalue weighted by Gasteiger charge is -2.30. The number of carbonyl (C=O) groups is 1. The van der Waals surface area contributed by atoms with Crippen LogP contribution in [0.4, 0.5) is 0 Å². The van der Waals surface area contributed by atoms with Crippen molar-refractivity contribution in [1.29, 1.82) is 0 Å². The minimum Gasteiger partial charge on any atom is -0.489 e. The first-order chi connectivity index (χ1) is 15.0. The van der Waals surface area contributed by atoms with Gasteiger partial charge in [-0.15, -0.1) is 0 Å². The summed E-state index contributed by atoms with van der Waals surface area (Å²) in [6, 6.07) is 10.6. The molecule has 4 rings (SSSR count). The van der Waals surface area contributed by atoms with E-state index in [1.54, 1.807) is 0 Å². The molecule has 1 saturated heterocycles. The molecule has 1 heterocycles. The van der Waals surface area contributed by atoms with Crippen molar-refractivity contribution in [3.05, 3.63) is 40.9 Å². The maximum Gasteiger partial charge on any atom is 0.309 e. The van der Waals surface area contributed by atoms with Crippen molar-refractivity contribution in [2.75, 3.05) is 19.7 Å². The summed E-state index contributed by atoms with van der Waals surface area (Å²) >= 11 is 6.80. The fourth-order valence-corrected chi connectivity index (χ4v) is 5.14. The summed E-state index contributed by atoms with van der Waals surface area (Å²) in [5.41, 5.74) is 1.24. The number of hydrogen-bond donors (Lipinski definition) is 0. The third-order valence-electron chi connectivity index (χ3n) is 6.85. The Hall–Kier alpha value is -1.78. The van der Waals surface area contributed by atoms with Crippen molar-refractivity contribution in [2.45, 2.75) is 65.0 Å². The van der Waals surface area contributed by atoms with Gasteiger partial charge in [0, 0.05) is 11.9 Å². The Bertz CT molecular complexity index is 899. The third-order valence-corrected chi connectivity index (χ3v) is 7.24. The number of esters is 1. The quantitative estimate of drug-likeness (QED) is 0.496. The summed E-state index contributed by atoms with van der Waals surface area (Å²) in [5, 5.41) is 2.92. The molecule has 4 nitrogen and oxygen atoms in total. The minimum absolute atomic E-state index is 0.0420. The van der Waals surface area contributed by atoms with Crippen molar-refractivity contribution < 1.29 is 14.3 Å². The second-order valence-corrected chi connectivity index (χ2v) is 9.61. The van der Waals surface area contributed by atoms with E-state index in [2.05, 4.69) is 36.1 Å². The monoisotopic (exact) mass is 443 g/mol. The number of ether oxygens (including phenoxy) is 2. The molecule has 2 aromatic rings. The van der Waals surface area contributed by atoms with E-state index >= 15 is 0 Å². The van der Waals surface area contributed by atoms with Gasteiger partial charge < -0.3 is 9.47 Å². The van der Waals surface area contributed by atoms with Gasteiger partial charge >= 0.3 is 5.97 Å². The van der Waals surface area contributed by atoms with Crippen LogP contribution in [0.2, 0.25) is 5.02 Å². The number of halogens is 1. The second-order valence-electron chi connectivity index (χ2n) is 9.24. The van der Waals surface area contributed by atoms with Crippen LogP contribution >= 0.6 is 11.6 Å². The molecule has 2 fully saturated rings. The molecule has 5 heteroatoms. The van der Waals surface area contributed by atoms with Crippen LogP contribution < -0.4 is 4.74 Å². The van der Waals surface area contributed by atoms with E-state index in [1.807, 2.05) is 13.0 Å². The summed E-state index contributed by atoms with van der Waals surface area (Å²) in [6.45, 7) is 7.34.